The molecule has 98 valence electrons. The second-order valence-electron chi connectivity index (χ2n) is 4.59. The Hall–Kier alpha value is -1.88. The van der Waals surface area contributed by atoms with E-state index in [0.29, 0.717) is 18.2 Å². The van der Waals surface area contributed by atoms with Crippen molar-refractivity contribution in [2.75, 3.05) is 11.9 Å². The number of thiazole rings is 1. The second-order valence-corrected chi connectivity index (χ2v) is 5.82. The number of hydrogen-bond acceptors (Lipinski definition) is 4. The third kappa shape index (κ3) is 2.61. The fourth-order valence-electron chi connectivity index (χ4n) is 2.12. The monoisotopic (exact) mass is 274 g/mol. The molecular weight excluding hydrogens is 260 g/mol. The molecular formula is C14H14N2O2S. The van der Waals surface area contributed by atoms with Crippen molar-refractivity contribution < 1.29 is 9.53 Å². The Morgan fingerprint density at radius 2 is 2.32 bits per heavy atom. The molecule has 0 aliphatic carbocycles. The van der Waals surface area contributed by atoms with Crippen molar-refractivity contribution in [1.82, 2.24) is 4.98 Å². The first-order chi connectivity index (χ1) is 9.22. The lowest BCUT2D eigenvalue weighted by Crippen LogP contribution is -2.32. The van der Waals surface area contributed by atoms with Crippen LogP contribution < -0.4 is 10.1 Å². The molecule has 3 rings (SSSR count). The highest BCUT2D eigenvalue weighted by Gasteiger charge is 2.26. The molecule has 1 atom stereocenters. The smallest absolute Gasteiger partial charge is 0.233 e. The first kappa shape index (κ1) is 12.2. The van der Waals surface area contributed by atoms with Crippen molar-refractivity contribution in [3.05, 3.63) is 40.9 Å². The molecule has 0 fully saturated rings. The molecule has 1 aliphatic heterocycles. The van der Waals surface area contributed by atoms with Gasteiger partial charge in [-0.3, -0.25) is 4.79 Å². The Morgan fingerprint density at radius 3 is 3.11 bits per heavy atom. The number of benzene rings is 1. The Labute approximate surface area is 115 Å². The standard InChI is InChI=1S/C14H14N2O2S/c1-9-7-15-14(19-9)16-13(17)11-6-10-4-2-3-5-12(10)18-8-11/h2-5,7,11H,6,8H2,1H3,(H,15,16,17)/t11-/m0/s1. The van der Waals surface area contributed by atoms with Crippen molar-refractivity contribution in [3.8, 4) is 5.75 Å². The van der Waals surface area contributed by atoms with Crippen LogP contribution in [0, 0.1) is 12.8 Å². The topological polar surface area (TPSA) is 51.2 Å². The molecule has 0 radical (unpaired) electrons. The maximum absolute atomic E-state index is 12.2. The maximum atomic E-state index is 12.2. The van der Waals surface area contributed by atoms with Crippen molar-refractivity contribution in [3.63, 3.8) is 0 Å². The lowest BCUT2D eigenvalue weighted by Gasteiger charge is -2.24. The summed E-state index contributed by atoms with van der Waals surface area (Å²) in [4.78, 5) is 17.4. The number of amides is 1. The maximum Gasteiger partial charge on any atom is 0.233 e. The molecule has 0 saturated carbocycles. The van der Waals surface area contributed by atoms with E-state index in [2.05, 4.69) is 10.3 Å². The van der Waals surface area contributed by atoms with E-state index in [-0.39, 0.29) is 11.8 Å². The van der Waals surface area contributed by atoms with Gasteiger partial charge in [0.15, 0.2) is 5.13 Å². The number of anilines is 1. The number of nitrogens with zero attached hydrogens (tertiary/aromatic N) is 1. The third-order valence-electron chi connectivity index (χ3n) is 3.10. The van der Waals surface area contributed by atoms with Gasteiger partial charge in [0.2, 0.25) is 5.91 Å². The Kier molecular flexibility index (Phi) is 3.21. The summed E-state index contributed by atoms with van der Waals surface area (Å²) in [7, 11) is 0. The summed E-state index contributed by atoms with van der Waals surface area (Å²) in [5.41, 5.74) is 1.09. The molecule has 1 N–H and O–H groups in total. The van der Waals surface area contributed by atoms with E-state index in [4.69, 9.17) is 4.74 Å². The average molecular weight is 274 g/mol. The average Bonchev–Trinajstić information content (AvgIpc) is 2.83. The fraction of sp³-hybridized carbons (Fsp3) is 0.286. The van der Waals surface area contributed by atoms with Gasteiger partial charge in [-0.1, -0.05) is 18.2 Å². The molecule has 1 amide bonds. The molecule has 5 heteroatoms. The molecule has 4 nitrogen and oxygen atoms in total. The zero-order valence-electron chi connectivity index (χ0n) is 10.6. The van der Waals surface area contributed by atoms with Crippen LogP contribution in [0.25, 0.3) is 0 Å². The lowest BCUT2D eigenvalue weighted by molar-refractivity contribution is -0.121. The Bertz CT molecular complexity index is 609. The SMILES string of the molecule is Cc1cnc(NC(=O)[C@@H]2COc3ccccc3C2)s1. The highest BCUT2D eigenvalue weighted by Crippen LogP contribution is 2.27. The number of para-hydroxylation sites is 1. The van der Waals surface area contributed by atoms with Crippen LogP contribution >= 0.6 is 11.3 Å². The first-order valence-corrected chi connectivity index (χ1v) is 6.98. The number of carbonyl (C=O) groups excluding carboxylic acids is 1. The zero-order chi connectivity index (χ0) is 13.2. The fourth-order valence-corrected chi connectivity index (χ4v) is 2.78. The normalized spacial score (nSPS) is 17.4. The number of fused-ring (bicyclic) bond motifs is 1. The van der Waals surface area contributed by atoms with E-state index in [1.807, 2.05) is 31.2 Å². The minimum absolute atomic E-state index is 0.0242. The summed E-state index contributed by atoms with van der Waals surface area (Å²) in [6, 6.07) is 7.85. The Morgan fingerprint density at radius 1 is 1.47 bits per heavy atom. The number of hydrogen-bond donors (Lipinski definition) is 1. The van der Waals surface area contributed by atoms with Crippen LogP contribution in [0.5, 0.6) is 5.75 Å². The molecule has 0 unspecified atom stereocenters. The molecule has 1 aliphatic rings. The molecule has 0 bridgehead atoms. The molecule has 19 heavy (non-hydrogen) atoms. The van der Waals surface area contributed by atoms with Gasteiger partial charge in [0.25, 0.3) is 0 Å². The summed E-state index contributed by atoms with van der Waals surface area (Å²) in [5.74, 6) is 0.708. The predicted molar refractivity (Wildman–Crippen MR) is 74.6 cm³/mol. The van der Waals surface area contributed by atoms with Crippen LogP contribution in [0.3, 0.4) is 0 Å². The van der Waals surface area contributed by atoms with Crippen LogP contribution in [-0.4, -0.2) is 17.5 Å². The van der Waals surface area contributed by atoms with Crippen molar-refractivity contribution in [2.24, 2.45) is 5.92 Å². The molecule has 0 saturated heterocycles. The third-order valence-corrected chi connectivity index (χ3v) is 3.93. The molecule has 2 heterocycles. The number of carbonyl (C=O) groups is 1. The summed E-state index contributed by atoms with van der Waals surface area (Å²) < 4.78 is 5.62. The molecule has 1 aromatic carbocycles. The minimum Gasteiger partial charge on any atom is -0.492 e. The number of aryl methyl sites for hydroxylation is 1. The van der Waals surface area contributed by atoms with E-state index in [0.717, 1.165) is 16.2 Å². The number of rotatable bonds is 2. The van der Waals surface area contributed by atoms with Gasteiger partial charge in [-0.15, -0.1) is 11.3 Å². The van der Waals surface area contributed by atoms with Gasteiger partial charge in [-0.2, -0.15) is 0 Å². The summed E-state index contributed by atoms with van der Waals surface area (Å²) in [5, 5.41) is 3.51. The van der Waals surface area contributed by atoms with Gasteiger partial charge < -0.3 is 10.1 Å². The van der Waals surface area contributed by atoms with Crippen LogP contribution in [-0.2, 0) is 11.2 Å². The zero-order valence-corrected chi connectivity index (χ0v) is 11.4. The van der Waals surface area contributed by atoms with E-state index >= 15 is 0 Å². The quantitative estimate of drug-likeness (QED) is 0.916. The van der Waals surface area contributed by atoms with Crippen LogP contribution in [0.2, 0.25) is 0 Å². The predicted octanol–water partition coefficient (Wildman–Crippen LogP) is 2.64. The highest BCUT2D eigenvalue weighted by molar-refractivity contribution is 7.15. The van der Waals surface area contributed by atoms with Gasteiger partial charge in [-0.05, 0) is 25.0 Å². The van der Waals surface area contributed by atoms with Gasteiger partial charge in [0.05, 0.1) is 5.92 Å². The number of aromatic nitrogens is 1. The van der Waals surface area contributed by atoms with Gasteiger partial charge >= 0.3 is 0 Å². The second kappa shape index (κ2) is 5.01. The van der Waals surface area contributed by atoms with Crippen molar-refractivity contribution >= 4 is 22.4 Å². The molecule has 2 aromatic rings. The largest absolute Gasteiger partial charge is 0.492 e. The van der Waals surface area contributed by atoms with Crippen molar-refractivity contribution in [1.29, 1.82) is 0 Å². The number of nitrogens with one attached hydrogen (secondary N) is 1. The highest BCUT2D eigenvalue weighted by atomic mass is 32.1. The first-order valence-electron chi connectivity index (χ1n) is 6.16. The van der Waals surface area contributed by atoms with Crippen molar-refractivity contribution in [2.45, 2.75) is 13.3 Å². The van der Waals surface area contributed by atoms with Gasteiger partial charge in [0.1, 0.15) is 12.4 Å². The van der Waals surface area contributed by atoms with Gasteiger partial charge in [-0.25, -0.2) is 4.98 Å². The van der Waals surface area contributed by atoms with Gasteiger partial charge in [0, 0.05) is 11.1 Å². The van der Waals surface area contributed by atoms with Crippen LogP contribution in [0.1, 0.15) is 10.4 Å². The van der Waals surface area contributed by atoms with E-state index in [1.165, 1.54) is 11.3 Å². The van der Waals surface area contributed by atoms with Crippen LogP contribution in [0.4, 0.5) is 5.13 Å². The summed E-state index contributed by atoms with van der Waals surface area (Å²) in [6.07, 6.45) is 2.47. The minimum atomic E-state index is -0.154. The molecule has 0 spiro atoms. The lowest BCUT2D eigenvalue weighted by atomic mass is 9.96. The van der Waals surface area contributed by atoms with E-state index in [1.54, 1.807) is 6.20 Å². The van der Waals surface area contributed by atoms with E-state index < -0.39 is 0 Å². The summed E-state index contributed by atoms with van der Waals surface area (Å²) >= 11 is 1.48. The molecule has 1 aromatic heterocycles. The van der Waals surface area contributed by atoms with Crippen LogP contribution in [0.15, 0.2) is 30.5 Å². The summed E-state index contributed by atoms with van der Waals surface area (Å²) in [6.45, 7) is 2.39. The van der Waals surface area contributed by atoms with E-state index in [9.17, 15) is 4.79 Å². The number of ether oxygens (including phenoxy) is 1. The Balaban J connectivity index is 1.69.